The Morgan fingerprint density at radius 2 is 1.15 bits per heavy atom. The van der Waals surface area contributed by atoms with Crippen LogP contribution >= 0.6 is 0 Å². The lowest BCUT2D eigenvalue weighted by atomic mass is 10.3. The molecular formula is C6H8O5S2. The predicted octanol–water partition coefficient (Wildman–Crippen LogP) is 0.776. The molecule has 1 aromatic carbocycles. The maximum Gasteiger partial charge on any atom is 0.263 e. The van der Waals surface area contributed by atoms with Crippen LogP contribution in [-0.4, -0.2) is 23.5 Å². The van der Waals surface area contributed by atoms with Crippen LogP contribution in [0.2, 0.25) is 0 Å². The molecule has 0 radical (unpaired) electrons. The number of hydrogen-bond acceptors (Lipinski definition) is 4. The normalized spacial score (nSPS) is 10.0. The quantitative estimate of drug-likeness (QED) is 0.486. The van der Waals surface area contributed by atoms with Gasteiger partial charge in [0, 0.05) is 11.2 Å². The minimum atomic E-state index is -3.83. The van der Waals surface area contributed by atoms with E-state index in [9.17, 15) is 0 Å². The number of hydrogen-bond donors (Lipinski definition) is 4. The summed E-state index contributed by atoms with van der Waals surface area (Å²) >= 11 is 3.47. The lowest BCUT2D eigenvalue weighted by Gasteiger charge is -1.88. The largest absolute Gasteiger partial charge is 0.508 e. The Bertz CT molecular complexity index is 313. The number of benzene rings is 1. The second-order valence-electron chi connectivity index (χ2n) is 1.96. The van der Waals surface area contributed by atoms with Gasteiger partial charge in [0.05, 0.1) is 0 Å². The third-order valence-electron chi connectivity index (χ3n) is 0.850. The molecule has 13 heavy (non-hydrogen) atoms. The number of aromatic hydroxyl groups is 2. The van der Waals surface area contributed by atoms with Crippen LogP contribution in [-0.2, 0) is 20.2 Å². The van der Waals surface area contributed by atoms with Crippen molar-refractivity contribution >= 4 is 20.2 Å². The fraction of sp³-hybridized carbons (Fsp3) is 0. The van der Waals surface area contributed by atoms with Gasteiger partial charge in [-0.1, -0.05) is 0 Å². The first kappa shape index (κ1) is 12.1. The second-order valence-corrected chi connectivity index (χ2v) is 4.16. The maximum atomic E-state index is 9.11. The molecule has 0 aliphatic heterocycles. The molecule has 0 aliphatic carbocycles. The van der Waals surface area contributed by atoms with E-state index >= 15 is 0 Å². The molecular weight excluding hydrogens is 216 g/mol. The molecule has 0 atom stereocenters. The van der Waals surface area contributed by atoms with Crippen molar-refractivity contribution in [3.63, 3.8) is 0 Å². The summed E-state index contributed by atoms with van der Waals surface area (Å²) in [4.78, 5) is 0. The van der Waals surface area contributed by atoms with E-state index in [1.54, 1.807) is 0 Å². The number of rotatable bonds is 0. The monoisotopic (exact) mass is 224 g/mol. The molecule has 0 aromatic heterocycles. The first-order chi connectivity index (χ1) is 5.79. The van der Waals surface area contributed by atoms with Crippen LogP contribution < -0.4 is 0 Å². The molecule has 0 saturated carbocycles. The minimum Gasteiger partial charge on any atom is -0.508 e. The van der Waals surface area contributed by atoms with Crippen molar-refractivity contribution < 1.29 is 23.5 Å². The molecule has 0 fully saturated rings. The molecule has 7 heteroatoms. The van der Waals surface area contributed by atoms with Gasteiger partial charge in [0.1, 0.15) is 11.5 Å². The summed E-state index contributed by atoms with van der Waals surface area (Å²) in [6.07, 6.45) is 0. The molecule has 0 saturated heterocycles. The predicted molar refractivity (Wildman–Crippen MR) is 50.5 cm³/mol. The van der Waals surface area contributed by atoms with Crippen LogP contribution in [0.15, 0.2) is 24.3 Å². The van der Waals surface area contributed by atoms with Gasteiger partial charge in [0.15, 0.2) is 0 Å². The fourth-order valence-corrected chi connectivity index (χ4v) is 0.453. The number of phenols is 2. The van der Waals surface area contributed by atoms with Crippen molar-refractivity contribution in [3.8, 4) is 11.5 Å². The molecule has 0 spiro atoms. The average molecular weight is 224 g/mol. The highest BCUT2D eigenvalue weighted by Gasteiger charge is 1.84. The topological polar surface area (TPSA) is 98.0 Å². The molecule has 0 amide bonds. The van der Waals surface area contributed by atoms with E-state index in [0.717, 1.165) is 0 Å². The Labute approximate surface area is 80.0 Å². The summed E-state index contributed by atoms with van der Waals surface area (Å²) in [5.74, 6) is 0.339. The molecule has 74 valence electrons. The van der Waals surface area contributed by atoms with Crippen LogP contribution in [0.25, 0.3) is 0 Å². The number of phenolic OH excluding ortho intramolecular Hbond substituents is 2. The zero-order valence-corrected chi connectivity index (χ0v) is 7.96. The summed E-state index contributed by atoms with van der Waals surface area (Å²) in [6, 6.07) is 5.70. The molecule has 0 unspecified atom stereocenters. The lowest BCUT2D eigenvalue weighted by Crippen LogP contribution is -1.86. The average Bonchev–Trinajstić information content (AvgIpc) is 1.92. The minimum absolute atomic E-state index is 0.169. The van der Waals surface area contributed by atoms with Crippen molar-refractivity contribution in [2.45, 2.75) is 0 Å². The van der Waals surface area contributed by atoms with E-state index in [4.69, 9.17) is 23.5 Å². The second kappa shape index (κ2) is 4.97. The SMILES string of the molecule is O=S(O)(O)=S.Oc1ccc(O)cc1. The zero-order chi connectivity index (χ0) is 10.5. The van der Waals surface area contributed by atoms with Gasteiger partial charge in [-0.25, -0.2) is 0 Å². The summed E-state index contributed by atoms with van der Waals surface area (Å²) < 4.78 is 24.0. The zero-order valence-electron chi connectivity index (χ0n) is 6.32. The van der Waals surface area contributed by atoms with E-state index in [-0.39, 0.29) is 11.5 Å². The van der Waals surface area contributed by atoms with E-state index in [2.05, 4.69) is 11.2 Å². The fourth-order valence-electron chi connectivity index (χ4n) is 0.453. The Kier molecular flexibility index (Phi) is 4.63. The third kappa shape index (κ3) is 11.1. The maximum absolute atomic E-state index is 9.11. The van der Waals surface area contributed by atoms with Gasteiger partial charge >= 0.3 is 0 Å². The summed E-state index contributed by atoms with van der Waals surface area (Å²) in [7, 11) is -3.83. The van der Waals surface area contributed by atoms with E-state index in [1.807, 2.05) is 0 Å². The standard InChI is InChI=1S/C6H6O2.H2O3S2/c7-5-1-2-6(8)4-3-5;1-5(2,3)4/h1-4,7-8H;(H2,1,2,3,4). The first-order valence-corrected chi connectivity index (χ1v) is 5.36. The molecule has 0 bridgehead atoms. The van der Waals surface area contributed by atoms with Gasteiger partial charge in [0.2, 0.25) is 0 Å². The van der Waals surface area contributed by atoms with Crippen molar-refractivity contribution in [3.05, 3.63) is 24.3 Å². The first-order valence-electron chi connectivity index (χ1n) is 2.97. The Morgan fingerprint density at radius 1 is 1.00 bits per heavy atom. The van der Waals surface area contributed by atoms with Crippen molar-refractivity contribution in [2.75, 3.05) is 0 Å². The Hall–Kier alpha value is -0.890. The summed E-state index contributed by atoms with van der Waals surface area (Å²) in [6.45, 7) is 0. The lowest BCUT2D eigenvalue weighted by molar-refractivity contribution is 0.450. The van der Waals surface area contributed by atoms with Gasteiger partial charge in [-0.15, -0.1) is 0 Å². The van der Waals surface area contributed by atoms with Crippen LogP contribution in [0.3, 0.4) is 0 Å². The van der Waals surface area contributed by atoms with Crippen LogP contribution in [0, 0.1) is 0 Å². The molecule has 5 nitrogen and oxygen atoms in total. The highest BCUT2D eigenvalue weighted by atomic mass is 32.9. The molecule has 1 rings (SSSR count). The van der Waals surface area contributed by atoms with Gasteiger partial charge < -0.3 is 10.2 Å². The molecule has 0 aliphatic rings. The summed E-state index contributed by atoms with van der Waals surface area (Å²) in [5, 5.41) is 17.3. The molecule has 0 heterocycles. The van der Waals surface area contributed by atoms with Gasteiger partial charge in [-0.05, 0) is 24.3 Å². The smallest absolute Gasteiger partial charge is 0.263 e. The Morgan fingerprint density at radius 3 is 1.31 bits per heavy atom. The van der Waals surface area contributed by atoms with E-state index in [0.29, 0.717) is 0 Å². The van der Waals surface area contributed by atoms with Gasteiger partial charge in [0.25, 0.3) is 9.05 Å². The van der Waals surface area contributed by atoms with Crippen LogP contribution in [0.4, 0.5) is 0 Å². The van der Waals surface area contributed by atoms with Crippen molar-refractivity contribution in [1.29, 1.82) is 0 Å². The summed E-state index contributed by atoms with van der Waals surface area (Å²) in [5.41, 5.74) is 0. The van der Waals surface area contributed by atoms with Crippen LogP contribution in [0.1, 0.15) is 0 Å². The van der Waals surface area contributed by atoms with Crippen molar-refractivity contribution in [2.24, 2.45) is 0 Å². The van der Waals surface area contributed by atoms with Crippen molar-refractivity contribution in [1.82, 2.24) is 0 Å². The van der Waals surface area contributed by atoms with E-state index < -0.39 is 9.05 Å². The van der Waals surface area contributed by atoms with Gasteiger partial charge in [-0.3, -0.25) is 9.11 Å². The highest BCUT2D eigenvalue weighted by Crippen LogP contribution is 2.13. The van der Waals surface area contributed by atoms with Gasteiger partial charge in [-0.2, -0.15) is 4.21 Å². The Balaban J connectivity index is 0.000000252. The highest BCUT2D eigenvalue weighted by molar-refractivity contribution is 8.26. The third-order valence-corrected chi connectivity index (χ3v) is 0.850. The van der Waals surface area contributed by atoms with Crippen LogP contribution in [0.5, 0.6) is 11.5 Å². The van der Waals surface area contributed by atoms with E-state index in [1.165, 1.54) is 24.3 Å². The molecule has 1 aromatic rings. The molecule has 4 N–H and O–H groups in total.